The number of pyridine rings is 1. The van der Waals surface area contributed by atoms with E-state index in [1.807, 2.05) is 30.3 Å². The fraction of sp³-hybridized carbons (Fsp3) is 0.261. The number of nitrogens with one attached hydrogen (secondary N) is 1. The van der Waals surface area contributed by atoms with Crippen molar-refractivity contribution in [2.75, 3.05) is 26.8 Å². The van der Waals surface area contributed by atoms with Crippen LogP contribution in [0, 0.1) is 0 Å². The Balaban J connectivity index is 1.37. The molecule has 1 N–H and O–H groups in total. The van der Waals surface area contributed by atoms with Crippen molar-refractivity contribution in [3.63, 3.8) is 0 Å². The minimum Gasteiger partial charge on any atom is -0.497 e. The Hall–Kier alpha value is -3.45. The van der Waals surface area contributed by atoms with Crippen LogP contribution in [0.5, 0.6) is 11.5 Å². The first-order chi connectivity index (χ1) is 14.7. The van der Waals surface area contributed by atoms with Gasteiger partial charge in [0.25, 0.3) is 5.56 Å². The Morgan fingerprint density at radius 1 is 1.23 bits per heavy atom. The summed E-state index contributed by atoms with van der Waals surface area (Å²) in [7, 11) is 1.66. The van der Waals surface area contributed by atoms with E-state index in [-0.39, 0.29) is 5.56 Å². The smallest absolute Gasteiger partial charge is 0.254 e. The van der Waals surface area contributed by atoms with Gasteiger partial charge in [-0.15, -0.1) is 0 Å². The van der Waals surface area contributed by atoms with Gasteiger partial charge in [0.1, 0.15) is 23.9 Å². The summed E-state index contributed by atoms with van der Waals surface area (Å²) in [6.07, 6.45) is 6.25. The van der Waals surface area contributed by atoms with Crippen molar-refractivity contribution in [2.45, 2.75) is 13.0 Å². The van der Waals surface area contributed by atoms with E-state index in [9.17, 15) is 4.79 Å². The first-order valence-electron chi connectivity index (χ1n) is 9.95. The van der Waals surface area contributed by atoms with Crippen molar-refractivity contribution in [1.29, 1.82) is 0 Å². The third-order valence-corrected chi connectivity index (χ3v) is 5.52. The Kier molecular flexibility index (Phi) is 4.80. The van der Waals surface area contributed by atoms with Gasteiger partial charge in [0.2, 0.25) is 0 Å². The molecule has 0 unspecified atom stereocenters. The molecule has 7 nitrogen and oxygen atoms in total. The van der Waals surface area contributed by atoms with E-state index in [4.69, 9.17) is 14.5 Å². The predicted molar refractivity (Wildman–Crippen MR) is 114 cm³/mol. The van der Waals surface area contributed by atoms with Crippen molar-refractivity contribution in [1.82, 2.24) is 19.9 Å². The minimum absolute atomic E-state index is 0.0484. The number of rotatable bonds is 4. The first-order valence-corrected chi connectivity index (χ1v) is 9.95. The molecule has 1 aromatic carbocycles. The Morgan fingerprint density at radius 2 is 2.10 bits per heavy atom. The monoisotopic (exact) mass is 402 g/mol. The molecular weight excluding hydrogens is 380 g/mol. The van der Waals surface area contributed by atoms with Crippen molar-refractivity contribution in [2.24, 2.45) is 0 Å². The van der Waals surface area contributed by atoms with E-state index in [0.29, 0.717) is 25.4 Å². The molecule has 7 heteroatoms. The van der Waals surface area contributed by atoms with E-state index in [0.717, 1.165) is 47.0 Å². The summed E-state index contributed by atoms with van der Waals surface area (Å²) in [6, 6.07) is 9.53. The highest BCUT2D eigenvalue weighted by atomic mass is 16.5. The largest absolute Gasteiger partial charge is 0.497 e. The second-order valence-corrected chi connectivity index (χ2v) is 7.53. The van der Waals surface area contributed by atoms with Gasteiger partial charge in [-0.1, -0.05) is 0 Å². The third kappa shape index (κ3) is 3.59. The fourth-order valence-electron chi connectivity index (χ4n) is 3.98. The van der Waals surface area contributed by atoms with Crippen LogP contribution in [0.4, 0.5) is 0 Å². The fourth-order valence-corrected chi connectivity index (χ4v) is 3.98. The molecule has 0 amide bonds. The Labute approximate surface area is 174 Å². The molecule has 2 aliphatic rings. The van der Waals surface area contributed by atoms with Gasteiger partial charge in [0, 0.05) is 48.7 Å². The molecular formula is C23H22N4O3. The zero-order valence-electron chi connectivity index (χ0n) is 16.7. The summed E-state index contributed by atoms with van der Waals surface area (Å²) < 4.78 is 11.2. The van der Waals surface area contributed by atoms with Crippen LogP contribution < -0.4 is 15.0 Å². The van der Waals surface area contributed by atoms with Crippen molar-refractivity contribution < 1.29 is 9.47 Å². The number of methoxy groups -OCH3 is 1. The quantitative estimate of drug-likeness (QED) is 0.723. The molecule has 3 aromatic rings. The lowest BCUT2D eigenvalue weighted by molar-refractivity contribution is 0.253. The lowest BCUT2D eigenvalue weighted by atomic mass is 10.0. The van der Waals surface area contributed by atoms with Crippen LogP contribution in [0.15, 0.2) is 53.1 Å². The van der Waals surface area contributed by atoms with Gasteiger partial charge in [-0.2, -0.15) is 0 Å². The number of hydrogen-bond acceptors (Lipinski definition) is 6. The van der Waals surface area contributed by atoms with Crippen LogP contribution >= 0.6 is 0 Å². The molecule has 2 aromatic heterocycles. The van der Waals surface area contributed by atoms with Crippen LogP contribution in [-0.4, -0.2) is 46.7 Å². The highest BCUT2D eigenvalue weighted by Gasteiger charge is 2.23. The summed E-state index contributed by atoms with van der Waals surface area (Å²) in [5.74, 6) is 2.27. The lowest BCUT2D eigenvalue weighted by Gasteiger charge is -2.29. The SMILES string of the molecule is COc1ccc2c(c1)C=C(CN1CCc3c(nc(-c4ccncc4)[nH]c3=O)C1)CO2. The molecule has 152 valence electrons. The van der Waals surface area contributed by atoms with Gasteiger partial charge in [0.15, 0.2) is 0 Å². The van der Waals surface area contributed by atoms with E-state index < -0.39 is 0 Å². The second-order valence-electron chi connectivity index (χ2n) is 7.53. The normalized spacial score (nSPS) is 15.6. The van der Waals surface area contributed by atoms with Crippen molar-refractivity contribution in [3.05, 3.63) is 75.5 Å². The van der Waals surface area contributed by atoms with Crippen LogP contribution in [0.25, 0.3) is 17.5 Å². The van der Waals surface area contributed by atoms with Gasteiger partial charge < -0.3 is 14.5 Å². The Bertz CT molecular complexity index is 1170. The van der Waals surface area contributed by atoms with Gasteiger partial charge in [-0.05, 0) is 48.4 Å². The topological polar surface area (TPSA) is 80.3 Å². The molecule has 5 rings (SSSR count). The highest BCUT2D eigenvalue weighted by molar-refractivity contribution is 5.64. The van der Waals surface area contributed by atoms with Gasteiger partial charge in [-0.25, -0.2) is 4.98 Å². The van der Waals surface area contributed by atoms with E-state index in [2.05, 4.69) is 20.9 Å². The lowest BCUT2D eigenvalue weighted by Crippen LogP contribution is -2.37. The number of benzene rings is 1. The van der Waals surface area contributed by atoms with Gasteiger partial charge in [-0.3, -0.25) is 14.7 Å². The number of nitrogens with zero attached hydrogens (tertiary/aromatic N) is 3. The van der Waals surface area contributed by atoms with E-state index in [1.54, 1.807) is 19.5 Å². The number of hydrogen-bond donors (Lipinski definition) is 1. The third-order valence-electron chi connectivity index (χ3n) is 5.52. The van der Waals surface area contributed by atoms with E-state index in [1.165, 1.54) is 5.57 Å². The first kappa shape index (κ1) is 18.6. The van der Waals surface area contributed by atoms with E-state index >= 15 is 0 Å². The molecule has 0 saturated carbocycles. The van der Waals surface area contributed by atoms with Crippen molar-refractivity contribution in [3.8, 4) is 22.9 Å². The molecule has 0 fully saturated rings. The van der Waals surface area contributed by atoms with Crippen LogP contribution in [-0.2, 0) is 13.0 Å². The van der Waals surface area contributed by atoms with Crippen LogP contribution in [0.3, 0.4) is 0 Å². The predicted octanol–water partition coefficient (Wildman–Crippen LogP) is 2.67. The van der Waals surface area contributed by atoms with Gasteiger partial charge in [0.05, 0.1) is 12.8 Å². The molecule has 0 atom stereocenters. The second kappa shape index (κ2) is 7.76. The molecule has 30 heavy (non-hydrogen) atoms. The Morgan fingerprint density at radius 3 is 2.93 bits per heavy atom. The molecule has 0 spiro atoms. The molecule has 0 radical (unpaired) electrons. The zero-order chi connectivity index (χ0) is 20.5. The highest BCUT2D eigenvalue weighted by Crippen LogP contribution is 2.30. The average Bonchev–Trinajstić information content (AvgIpc) is 2.79. The summed E-state index contributed by atoms with van der Waals surface area (Å²) in [4.78, 5) is 26.6. The summed E-state index contributed by atoms with van der Waals surface area (Å²) in [6.45, 7) is 2.79. The molecule has 4 heterocycles. The average molecular weight is 402 g/mol. The zero-order valence-corrected chi connectivity index (χ0v) is 16.7. The van der Waals surface area contributed by atoms with Crippen LogP contribution in [0.2, 0.25) is 0 Å². The molecule has 0 aliphatic carbocycles. The van der Waals surface area contributed by atoms with Crippen LogP contribution in [0.1, 0.15) is 16.8 Å². The maximum atomic E-state index is 12.6. The molecule has 2 aliphatic heterocycles. The number of H-pyrrole nitrogens is 1. The number of fused-ring (bicyclic) bond motifs is 2. The maximum Gasteiger partial charge on any atom is 0.254 e. The minimum atomic E-state index is -0.0484. The summed E-state index contributed by atoms with van der Waals surface area (Å²) in [5.41, 5.74) is 4.66. The van der Waals surface area contributed by atoms with Crippen molar-refractivity contribution >= 4 is 6.08 Å². The maximum absolute atomic E-state index is 12.6. The number of ether oxygens (including phenoxy) is 2. The summed E-state index contributed by atoms with van der Waals surface area (Å²) >= 11 is 0. The standard InChI is InChI=1S/C23H22N4O3/c1-29-18-2-3-21-17(11-18)10-15(14-30-21)12-27-9-6-19-20(13-27)25-22(26-23(19)28)16-4-7-24-8-5-16/h2-5,7-8,10-11H,6,9,12-14H2,1H3,(H,25,26,28). The van der Waals surface area contributed by atoms with Gasteiger partial charge >= 0.3 is 0 Å². The molecule has 0 saturated heterocycles. The number of aromatic nitrogens is 3. The molecule has 0 bridgehead atoms. The number of aromatic amines is 1. The summed E-state index contributed by atoms with van der Waals surface area (Å²) in [5, 5.41) is 0.